The van der Waals surface area contributed by atoms with Crippen molar-refractivity contribution in [3.63, 3.8) is 0 Å². The van der Waals surface area contributed by atoms with Crippen molar-refractivity contribution < 1.29 is 9.63 Å². The lowest BCUT2D eigenvalue weighted by molar-refractivity contribution is -0.0550. The maximum absolute atomic E-state index is 12.4. The topological polar surface area (TPSA) is 53.9 Å². The van der Waals surface area contributed by atoms with E-state index in [1.165, 1.54) is 5.56 Å². The Kier molecular flexibility index (Phi) is 5.53. The van der Waals surface area contributed by atoms with E-state index in [0.29, 0.717) is 24.7 Å². The molecule has 1 saturated heterocycles. The second kappa shape index (κ2) is 8.23. The van der Waals surface area contributed by atoms with E-state index in [-0.39, 0.29) is 11.6 Å². The Morgan fingerprint density at radius 1 is 1.11 bits per heavy atom. The van der Waals surface area contributed by atoms with Gasteiger partial charge in [0, 0.05) is 43.9 Å². The minimum Gasteiger partial charge on any atom is -0.388 e. The first-order valence-electron chi connectivity index (χ1n) is 9.71. The van der Waals surface area contributed by atoms with Crippen LogP contribution in [-0.4, -0.2) is 41.9 Å². The van der Waals surface area contributed by atoms with E-state index in [1.807, 2.05) is 47.4 Å². The summed E-state index contributed by atoms with van der Waals surface area (Å²) in [7, 11) is 0. The van der Waals surface area contributed by atoms with Crippen LogP contribution in [0.5, 0.6) is 0 Å². The fourth-order valence-electron chi connectivity index (χ4n) is 3.77. The van der Waals surface area contributed by atoms with Gasteiger partial charge in [-0.05, 0) is 29.7 Å². The van der Waals surface area contributed by atoms with Crippen molar-refractivity contribution >= 4 is 23.3 Å². The number of oxime groups is 1. The predicted molar refractivity (Wildman–Crippen MR) is 111 cm³/mol. The van der Waals surface area contributed by atoms with Gasteiger partial charge in [0.05, 0.1) is 5.71 Å². The van der Waals surface area contributed by atoms with Gasteiger partial charge < -0.3 is 15.1 Å². The molecule has 0 atom stereocenters. The number of piperidine rings is 1. The molecule has 0 unspecified atom stereocenters. The van der Waals surface area contributed by atoms with Gasteiger partial charge in [0.25, 0.3) is 0 Å². The largest absolute Gasteiger partial charge is 0.388 e. The summed E-state index contributed by atoms with van der Waals surface area (Å²) in [4.78, 5) is 20.2. The first-order chi connectivity index (χ1) is 13.6. The molecule has 2 amide bonds. The zero-order valence-corrected chi connectivity index (χ0v) is 16.5. The molecule has 0 radical (unpaired) electrons. The summed E-state index contributed by atoms with van der Waals surface area (Å²) in [6.07, 6.45) is 3.20. The van der Waals surface area contributed by atoms with Gasteiger partial charge in [-0.2, -0.15) is 0 Å². The lowest BCUT2D eigenvalue weighted by atomic mass is 9.85. The Morgan fingerprint density at radius 3 is 2.54 bits per heavy atom. The standard InChI is InChI=1S/C22H24ClN3O2/c23-19-8-6-18(7-9-19)20-16-22(28-25-20)11-14-26(15-12-22)21(27)24-13-10-17-4-2-1-3-5-17/h1-9H,10-16H2,(H,24,27). The zero-order chi connectivity index (χ0) is 19.4. The molecule has 0 bridgehead atoms. The van der Waals surface area contributed by atoms with Crippen LogP contribution in [0.15, 0.2) is 59.8 Å². The zero-order valence-electron chi connectivity index (χ0n) is 15.7. The number of rotatable bonds is 4. The predicted octanol–water partition coefficient (Wildman–Crippen LogP) is 4.25. The molecule has 1 N–H and O–H groups in total. The molecule has 6 heteroatoms. The van der Waals surface area contributed by atoms with Crippen molar-refractivity contribution in [1.82, 2.24) is 10.2 Å². The fraction of sp³-hybridized carbons (Fsp3) is 0.364. The number of likely N-dealkylation sites (tertiary alicyclic amines) is 1. The van der Waals surface area contributed by atoms with E-state index in [2.05, 4.69) is 22.6 Å². The Morgan fingerprint density at radius 2 is 1.82 bits per heavy atom. The molecule has 2 heterocycles. The lowest BCUT2D eigenvalue weighted by Crippen LogP contribution is -2.50. The molecule has 146 valence electrons. The van der Waals surface area contributed by atoms with Crippen molar-refractivity contribution in [2.45, 2.75) is 31.3 Å². The van der Waals surface area contributed by atoms with Crippen LogP contribution in [0.25, 0.3) is 0 Å². The van der Waals surface area contributed by atoms with Crippen LogP contribution in [0.4, 0.5) is 4.79 Å². The minimum absolute atomic E-state index is 0.00243. The summed E-state index contributed by atoms with van der Waals surface area (Å²) in [6.45, 7) is 2.01. The molecule has 2 aromatic carbocycles. The molecule has 0 saturated carbocycles. The summed E-state index contributed by atoms with van der Waals surface area (Å²) < 4.78 is 0. The maximum Gasteiger partial charge on any atom is 0.317 e. The Bertz CT molecular complexity index is 844. The number of amides is 2. The van der Waals surface area contributed by atoms with Gasteiger partial charge in [-0.3, -0.25) is 0 Å². The van der Waals surface area contributed by atoms with Crippen molar-refractivity contribution in [2.24, 2.45) is 5.16 Å². The number of hydrogen-bond acceptors (Lipinski definition) is 3. The quantitative estimate of drug-likeness (QED) is 0.838. The van der Waals surface area contributed by atoms with Crippen molar-refractivity contribution in [1.29, 1.82) is 0 Å². The number of urea groups is 1. The van der Waals surface area contributed by atoms with E-state index in [0.717, 1.165) is 37.0 Å². The molecule has 1 spiro atoms. The van der Waals surface area contributed by atoms with E-state index in [1.54, 1.807) is 0 Å². The normalized spacial score (nSPS) is 17.9. The van der Waals surface area contributed by atoms with Gasteiger partial charge >= 0.3 is 6.03 Å². The smallest absolute Gasteiger partial charge is 0.317 e. The van der Waals surface area contributed by atoms with Crippen LogP contribution >= 0.6 is 11.6 Å². The van der Waals surface area contributed by atoms with E-state index in [9.17, 15) is 4.79 Å². The lowest BCUT2D eigenvalue weighted by Gasteiger charge is -2.37. The van der Waals surface area contributed by atoms with Crippen LogP contribution < -0.4 is 5.32 Å². The van der Waals surface area contributed by atoms with E-state index in [4.69, 9.17) is 16.4 Å². The highest BCUT2D eigenvalue weighted by molar-refractivity contribution is 6.30. The summed E-state index contributed by atoms with van der Waals surface area (Å²) in [5.74, 6) is 0. The summed E-state index contributed by atoms with van der Waals surface area (Å²) in [5, 5.41) is 8.06. The van der Waals surface area contributed by atoms with Gasteiger partial charge in [-0.1, -0.05) is 59.2 Å². The Hall–Kier alpha value is -2.53. The van der Waals surface area contributed by atoms with E-state index < -0.39 is 0 Å². The number of benzene rings is 2. The highest BCUT2D eigenvalue weighted by Crippen LogP contribution is 2.36. The molecule has 0 aliphatic carbocycles. The van der Waals surface area contributed by atoms with Crippen LogP contribution in [0.1, 0.15) is 30.4 Å². The number of carbonyl (C=O) groups is 1. The van der Waals surface area contributed by atoms with Crippen LogP contribution in [0.2, 0.25) is 5.02 Å². The molecule has 28 heavy (non-hydrogen) atoms. The van der Waals surface area contributed by atoms with Crippen LogP contribution in [0, 0.1) is 0 Å². The maximum atomic E-state index is 12.4. The molecular formula is C22H24ClN3O2. The Balaban J connectivity index is 1.24. The first kappa shape index (κ1) is 18.8. The first-order valence-corrected chi connectivity index (χ1v) is 10.1. The molecule has 2 aliphatic rings. The fourth-order valence-corrected chi connectivity index (χ4v) is 3.90. The third-order valence-electron chi connectivity index (χ3n) is 5.51. The molecule has 1 fully saturated rings. The minimum atomic E-state index is -0.282. The second-order valence-corrected chi connectivity index (χ2v) is 7.89. The van der Waals surface area contributed by atoms with Gasteiger partial charge in [0.15, 0.2) is 0 Å². The molecule has 2 aromatic rings. The third kappa shape index (κ3) is 4.30. The van der Waals surface area contributed by atoms with Gasteiger partial charge in [-0.25, -0.2) is 4.79 Å². The monoisotopic (exact) mass is 397 g/mol. The average molecular weight is 398 g/mol. The summed E-state index contributed by atoms with van der Waals surface area (Å²) in [6, 6.07) is 17.9. The second-order valence-electron chi connectivity index (χ2n) is 7.45. The molecule has 2 aliphatic heterocycles. The van der Waals surface area contributed by atoms with Crippen LogP contribution in [0.3, 0.4) is 0 Å². The summed E-state index contributed by atoms with van der Waals surface area (Å²) >= 11 is 5.96. The van der Waals surface area contributed by atoms with Gasteiger partial charge in [-0.15, -0.1) is 0 Å². The number of nitrogens with zero attached hydrogens (tertiary/aromatic N) is 2. The van der Waals surface area contributed by atoms with Crippen molar-refractivity contribution in [3.05, 3.63) is 70.7 Å². The highest BCUT2D eigenvalue weighted by Gasteiger charge is 2.43. The van der Waals surface area contributed by atoms with Gasteiger partial charge in [0.2, 0.25) is 0 Å². The van der Waals surface area contributed by atoms with Crippen molar-refractivity contribution in [3.8, 4) is 0 Å². The SMILES string of the molecule is O=C(NCCc1ccccc1)N1CCC2(CC1)CC(c1ccc(Cl)cc1)=NO2. The number of halogens is 1. The summed E-state index contributed by atoms with van der Waals surface area (Å²) in [5.41, 5.74) is 2.95. The molecule has 4 rings (SSSR count). The van der Waals surface area contributed by atoms with Gasteiger partial charge in [0.1, 0.15) is 5.60 Å². The van der Waals surface area contributed by atoms with E-state index >= 15 is 0 Å². The molecule has 0 aromatic heterocycles. The number of carbonyl (C=O) groups excluding carboxylic acids is 1. The third-order valence-corrected chi connectivity index (χ3v) is 5.76. The molecular weight excluding hydrogens is 374 g/mol. The number of hydrogen-bond donors (Lipinski definition) is 1. The average Bonchev–Trinajstić information content (AvgIpc) is 3.13. The van der Waals surface area contributed by atoms with Crippen molar-refractivity contribution in [2.75, 3.05) is 19.6 Å². The Labute approximate surface area is 170 Å². The molecule has 5 nitrogen and oxygen atoms in total. The highest BCUT2D eigenvalue weighted by atomic mass is 35.5. The van der Waals surface area contributed by atoms with Crippen LogP contribution in [-0.2, 0) is 11.3 Å². The number of nitrogens with one attached hydrogen (secondary N) is 1.